The van der Waals surface area contributed by atoms with Crippen LogP contribution in [0.2, 0.25) is 0 Å². The number of nitrogens with one attached hydrogen (secondary N) is 1. The van der Waals surface area contributed by atoms with Gasteiger partial charge in [0.2, 0.25) is 5.91 Å². The third-order valence-corrected chi connectivity index (χ3v) is 8.53. The van der Waals surface area contributed by atoms with E-state index in [1.807, 2.05) is 0 Å². The third-order valence-electron chi connectivity index (χ3n) is 6.18. The highest BCUT2D eigenvalue weighted by molar-refractivity contribution is 7.20. The maximum absolute atomic E-state index is 13.2. The molecule has 1 aliphatic rings. The number of amides is 1. The largest absolute Gasteiger partial charge is 0.462 e. The van der Waals surface area contributed by atoms with Crippen molar-refractivity contribution in [3.8, 4) is 0 Å². The first-order valence-electron chi connectivity index (χ1n) is 12.0. The van der Waals surface area contributed by atoms with E-state index in [-0.39, 0.29) is 36.6 Å². The normalized spacial score (nSPS) is 14.9. The molecule has 198 valence electrons. The maximum Gasteiger partial charge on any atom is 0.348 e. The quantitative estimate of drug-likeness (QED) is 0.318. The lowest BCUT2D eigenvalue weighted by molar-refractivity contribution is -0.116. The van der Waals surface area contributed by atoms with Crippen molar-refractivity contribution in [2.45, 2.75) is 46.6 Å². The molecule has 0 radical (unpaired) electrons. The lowest BCUT2D eigenvalue weighted by Crippen LogP contribution is -2.28. The van der Waals surface area contributed by atoms with Crippen molar-refractivity contribution < 1.29 is 28.6 Å². The first-order valence-corrected chi connectivity index (χ1v) is 13.6. The predicted molar refractivity (Wildman–Crippen MR) is 141 cm³/mol. The Morgan fingerprint density at radius 1 is 1.19 bits per heavy atom. The zero-order valence-corrected chi connectivity index (χ0v) is 22.8. The molecule has 1 atom stereocenters. The number of nitrogens with zero attached hydrogens (tertiary/aromatic N) is 2. The summed E-state index contributed by atoms with van der Waals surface area (Å²) >= 11 is 2.46. The zero-order valence-electron chi connectivity index (χ0n) is 21.2. The summed E-state index contributed by atoms with van der Waals surface area (Å²) in [5.41, 5.74) is 1.37. The molecule has 1 amide bonds. The highest BCUT2D eigenvalue weighted by atomic mass is 32.1. The summed E-state index contributed by atoms with van der Waals surface area (Å²) in [4.78, 5) is 57.4. The van der Waals surface area contributed by atoms with Crippen molar-refractivity contribution in [2.24, 2.45) is 5.92 Å². The first kappa shape index (κ1) is 27.0. The van der Waals surface area contributed by atoms with E-state index in [2.05, 4.69) is 17.2 Å². The summed E-state index contributed by atoms with van der Waals surface area (Å²) in [6, 6.07) is 0. The van der Waals surface area contributed by atoms with E-state index in [1.165, 1.54) is 29.3 Å². The zero-order chi connectivity index (χ0) is 26.7. The molecule has 4 rings (SSSR count). The number of hydrogen-bond donors (Lipinski definition) is 1. The van der Waals surface area contributed by atoms with Crippen LogP contribution < -0.4 is 10.9 Å². The Bertz CT molecular complexity index is 1410. The molecule has 0 saturated carbocycles. The Morgan fingerprint density at radius 2 is 1.97 bits per heavy atom. The molecule has 10 nitrogen and oxygen atoms in total. The molecule has 3 heterocycles. The van der Waals surface area contributed by atoms with Crippen LogP contribution >= 0.6 is 22.7 Å². The Morgan fingerprint density at radius 3 is 2.70 bits per heavy atom. The fourth-order valence-corrected chi connectivity index (χ4v) is 6.78. The van der Waals surface area contributed by atoms with E-state index in [1.54, 1.807) is 13.8 Å². The molecular formula is C25H29N3O7S2. The molecule has 0 bridgehead atoms. The molecule has 37 heavy (non-hydrogen) atoms. The number of carbonyl (C=O) groups excluding carboxylic acids is 3. The Labute approximate surface area is 221 Å². The second-order valence-electron chi connectivity index (χ2n) is 8.87. The fourth-order valence-electron chi connectivity index (χ4n) is 4.33. The SMILES string of the molecule is CCOC(=O)c1c(NC(=O)Cn2cnc3sc(C(=O)OCCOC)c(C)c3c2=O)sc2c1CCC(C)C2. The van der Waals surface area contributed by atoms with Gasteiger partial charge in [-0.15, -0.1) is 22.7 Å². The van der Waals surface area contributed by atoms with Crippen LogP contribution in [0.1, 0.15) is 56.3 Å². The molecule has 0 saturated heterocycles. The van der Waals surface area contributed by atoms with Crippen molar-refractivity contribution >= 4 is 55.7 Å². The van der Waals surface area contributed by atoms with E-state index in [4.69, 9.17) is 14.2 Å². The molecule has 3 aromatic rings. The van der Waals surface area contributed by atoms with Crippen molar-refractivity contribution in [2.75, 3.05) is 32.2 Å². The topological polar surface area (TPSA) is 126 Å². The van der Waals surface area contributed by atoms with Gasteiger partial charge in [0, 0.05) is 12.0 Å². The van der Waals surface area contributed by atoms with Gasteiger partial charge >= 0.3 is 11.9 Å². The van der Waals surface area contributed by atoms with Gasteiger partial charge in [0.1, 0.15) is 27.9 Å². The monoisotopic (exact) mass is 547 g/mol. The van der Waals surface area contributed by atoms with Gasteiger partial charge in [0.15, 0.2) is 0 Å². The Kier molecular flexibility index (Phi) is 8.40. The van der Waals surface area contributed by atoms with Gasteiger partial charge in [-0.1, -0.05) is 6.92 Å². The summed E-state index contributed by atoms with van der Waals surface area (Å²) in [6.45, 7) is 5.85. The second-order valence-corrected chi connectivity index (χ2v) is 11.0. The average molecular weight is 548 g/mol. The van der Waals surface area contributed by atoms with Gasteiger partial charge in [-0.3, -0.25) is 14.2 Å². The van der Waals surface area contributed by atoms with Crippen LogP contribution in [0.4, 0.5) is 5.00 Å². The number of thiophene rings is 2. The minimum atomic E-state index is -0.552. The van der Waals surface area contributed by atoms with Crippen LogP contribution in [0.5, 0.6) is 0 Å². The summed E-state index contributed by atoms with van der Waals surface area (Å²) in [7, 11) is 1.51. The summed E-state index contributed by atoms with van der Waals surface area (Å²) in [5, 5.41) is 3.53. The minimum absolute atomic E-state index is 0.0969. The van der Waals surface area contributed by atoms with Crippen molar-refractivity contribution in [3.05, 3.63) is 43.1 Å². The number of esters is 2. The summed E-state index contributed by atoms with van der Waals surface area (Å²) in [6.07, 6.45) is 3.85. The standard InChI is InChI=1S/C25H29N3O7S2/c1-5-34-24(31)19-15-7-6-13(2)10-16(15)36-22(19)27-17(29)11-28-12-26-21-18(23(28)30)14(3)20(37-21)25(32)35-9-8-33-4/h12-13H,5-11H2,1-4H3,(H,27,29). The van der Waals surface area contributed by atoms with Gasteiger partial charge in [-0.05, 0) is 50.2 Å². The Balaban J connectivity index is 1.57. The van der Waals surface area contributed by atoms with E-state index in [9.17, 15) is 19.2 Å². The van der Waals surface area contributed by atoms with Gasteiger partial charge in [-0.2, -0.15) is 0 Å². The fraction of sp³-hybridized carbons (Fsp3) is 0.480. The Hall–Kier alpha value is -3.09. The highest BCUT2D eigenvalue weighted by Gasteiger charge is 2.29. The smallest absolute Gasteiger partial charge is 0.348 e. The average Bonchev–Trinajstić information content (AvgIpc) is 3.38. The van der Waals surface area contributed by atoms with Crippen LogP contribution in [0, 0.1) is 12.8 Å². The molecule has 0 fully saturated rings. The molecule has 0 spiro atoms. The van der Waals surface area contributed by atoms with Gasteiger partial charge < -0.3 is 19.5 Å². The molecule has 1 aliphatic carbocycles. The molecule has 1 unspecified atom stereocenters. The van der Waals surface area contributed by atoms with Gasteiger partial charge in [-0.25, -0.2) is 14.6 Å². The lowest BCUT2D eigenvalue weighted by atomic mass is 9.88. The summed E-state index contributed by atoms with van der Waals surface area (Å²) < 4.78 is 16.5. The number of fused-ring (bicyclic) bond motifs is 2. The number of methoxy groups -OCH3 is 1. The number of anilines is 1. The summed E-state index contributed by atoms with van der Waals surface area (Å²) in [5.74, 6) is -0.975. The van der Waals surface area contributed by atoms with Crippen molar-refractivity contribution in [1.29, 1.82) is 0 Å². The van der Waals surface area contributed by atoms with E-state index < -0.39 is 23.4 Å². The van der Waals surface area contributed by atoms with Crippen LogP contribution in [0.15, 0.2) is 11.1 Å². The molecular weight excluding hydrogens is 518 g/mol. The maximum atomic E-state index is 13.2. The van der Waals surface area contributed by atoms with Crippen LogP contribution in [0.3, 0.4) is 0 Å². The molecule has 0 aliphatic heterocycles. The first-order chi connectivity index (χ1) is 17.7. The molecule has 0 aromatic carbocycles. The molecule has 3 aromatic heterocycles. The highest BCUT2D eigenvalue weighted by Crippen LogP contribution is 2.40. The predicted octanol–water partition coefficient (Wildman–Crippen LogP) is 3.57. The number of hydrogen-bond acceptors (Lipinski definition) is 10. The van der Waals surface area contributed by atoms with E-state index in [0.29, 0.717) is 26.9 Å². The molecule has 1 N–H and O–H groups in total. The second kappa shape index (κ2) is 11.5. The van der Waals surface area contributed by atoms with Crippen LogP contribution in [-0.4, -0.2) is 54.3 Å². The number of rotatable bonds is 9. The number of ether oxygens (including phenoxy) is 3. The van der Waals surface area contributed by atoms with Crippen molar-refractivity contribution in [1.82, 2.24) is 9.55 Å². The number of aromatic nitrogens is 2. The lowest BCUT2D eigenvalue weighted by Gasteiger charge is -2.18. The molecule has 12 heteroatoms. The van der Waals surface area contributed by atoms with Crippen LogP contribution in [-0.2, 0) is 38.4 Å². The van der Waals surface area contributed by atoms with Gasteiger partial charge in [0.25, 0.3) is 5.56 Å². The van der Waals surface area contributed by atoms with Crippen LogP contribution in [0.25, 0.3) is 10.2 Å². The van der Waals surface area contributed by atoms with Crippen molar-refractivity contribution in [3.63, 3.8) is 0 Å². The number of carbonyl (C=O) groups is 3. The van der Waals surface area contributed by atoms with E-state index >= 15 is 0 Å². The van der Waals surface area contributed by atoms with E-state index in [0.717, 1.165) is 41.0 Å². The third kappa shape index (κ3) is 5.60. The number of aryl methyl sites for hydroxylation is 1. The minimum Gasteiger partial charge on any atom is -0.462 e. The van der Waals surface area contributed by atoms with Gasteiger partial charge in [0.05, 0.1) is 30.5 Å².